The van der Waals surface area contributed by atoms with Gasteiger partial charge in [0.2, 0.25) is 5.56 Å². The van der Waals surface area contributed by atoms with E-state index in [-0.39, 0.29) is 17.7 Å². The van der Waals surface area contributed by atoms with Crippen molar-refractivity contribution in [3.05, 3.63) is 58.5 Å². The molecule has 0 spiro atoms. The topological polar surface area (TPSA) is 71.8 Å². The maximum Gasteiger partial charge on any atom is 0.410 e. The summed E-state index contributed by atoms with van der Waals surface area (Å²) in [5.74, 6) is 0. The molecule has 0 aliphatic carbocycles. The second-order valence-corrected chi connectivity index (χ2v) is 9.16. The molecule has 1 aliphatic rings. The summed E-state index contributed by atoms with van der Waals surface area (Å²) < 4.78 is 7.34. The molecule has 1 saturated heterocycles. The lowest BCUT2D eigenvalue weighted by Crippen LogP contribution is -2.51. The summed E-state index contributed by atoms with van der Waals surface area (Å²) in [6.45, 7) is 8.01. The van der Waals surface area contributed by atoms with Crippen LogP contribution in [0, 0.1) is 0 Å². The summed E-state index contributed by atoms with van der Waals surface area (Å²) in [4.78, 5) is 26.2. The lowest BCUT2D eigenvalue weighted by molar-refractivity contribution is -0.0870. The number of hydrogen-bond donors (Lipinski definition) is 1. The van der Waals surface area contributed by atoms with Gasteiger partial charge in [-0.1, -0.05) is 31.2 Å². The van der Waals surface area contributed by atoms with Crippen LogP contribution in [0.15, 0.2) is 47.4 Å². The van der Waals surface area contributed by atoms with E-state index < -0.39 is 11.2 Å². The Morgan fingerprint density at radius 3 is 2.30 bits per heavy atom. The lowest BCUT2D eigenvalue weighted by Gasteiger charge is -2.44. The van der Waals surface area contributed by atoms with Crippen LogP contribution in [0.2, 0.25) is 0 Å². The zero-order valence-corrected chi connectivity index (χ0v) is 18.5. The van der Waals surface area contributed by atoms with Crippen molar-refractivity contribution in [3.8, 4) is 11.1 Å². The molecule has 1 aromatic carbocycles. The number of benzene rings is 1. The third-order valence-electron chi connectivity index (χ3n) is 5.73. The highest BCUT2D eigenvalue weighted by molar-refractivity contribution is 5.70. The van der Waals surface area contributed by atoms with Gasteiger partial charge in [-0.3, -0.25) is 4.79 Å². The van der Waals surface area contributed by atoms with E-state index in [1.807, 2.05) is 43.5 Å². The first-order valence-corrected chi connectivity index (χ1v) is 10.5. The molecule has 0 bridgehead atoms. The van der Waals surface area contributed by atoms with Crippen LogP contribution in [0.4, 0.5) is 4.79 Å². The van der Waals surface area contributed by atoms with Gasteiger partial charge in [-0.05, 0) is 49.9 Å². The van der Waals surface area contributed by atoms with Crippen LogP contribution >= 0.6 is 0 Å². The Balaban J connectivity index is 1.77. The first-order chi connectivity index (χ1) is 14.0. The number of aryl methyl sites for hydroxylation is 1. The van der Waals surface area contributed by atoms with Crippen LogP contribution in [0.25, 0.3) is 11.1 Å². The SMILES string of the molecule is CCC(c1ccc(-c2ccc(=O)n(C)c2)cc1)N1CCC(C)(CC(C)(C)O)OC1=O. The van der Waals surface area contributed by atoms with Crippen molar-refractivity contribution in [1.29, 1.82) is 0 Å². The molecule has 2 unspecified atom stereocenters. The monoisotopic (exact) mass is 412 g/mol. The van der Waals surface area contributed by atoms with Crippen molar-refractivity contribution >= 4 is 6.09 Å². The summed E-state index contributed by atoms with van der Waals surface area (Å²) >= 11 is 0. The minimum atomic E-state index is -0.891. The normalized spacial score (nSPS) is 20.7. The highest BCUT2D eigenvalue weighted by Gasteiger charge is 2.42. The van der Waals surface area contributed by atoms with Crippen LogP contribution in [0.1, 0.15) is 58.6 Å². The van der Waals surface area contributed by atoms with Crippen molar-refractivity contribution in [2.75, 3.05) is 6.54 Å². The number of carbonyl (C=O) groups excluding carboxylic acids is 1. The zero-order chi connectivity index (χ0) is 22.1. The summed E-state index contributed by atoms with van der Waals surface area (Å²) in [5.41, 5.74) is 1.45. The van der Waals surface area contributed by atoms with Crippen molar-refractivity contribution < 1.29 is 14.6 Å². The molecule has 3 rings (SSSR count). The number of aromatic nitrogens is 1. The molecule has 2 heterocycles. The predicted molar refractivity (Wildman–Crippen MR) is 117 cm³/mol. The number of amides is 1. The summed E-state index contributed by atoms with van der Waals surface area (Å²) in [7, 11) is 1.74. The van der Waals surface area contributed by atoms with Gasteiger partial charge in [-0.2, -0.15) is 0 Å². The Morgan fingerprint density at radius 1 is 1.13 bits per heavy atom. The number of carbonyl (C=O) groups is 1. The number of aliphatic hydroxyl groups is 1. The van der Waals surface area contributed by atoms with Gasteiger partial charge in [-0.15, -0.1) is 0 Å². The number of rotatable bonds is 6. The summed E-state index contributed by atoms with van der Waals surface area (Å²) in [5, 5.41) is 10.1. The van der Waals surface area contributed by atoms with Crippen molar-refractivity contribution in [1.82, 2.24) is 9.47 Å². The quantitative estimate of drug-likeness (QED) is 0.769. The molecule has 1 amide bonds. The van der Waals surface area contributed by atoms with E-state index in [9.17, 15) is 14.7 Å². The van der Waals surface area contributed by atoms with E-state index in [0.29, 0.717) is 19.4 Å². The zero-order valence-electron chi connectivity index (χ0n) is 18.5. The van der Waals surface area contributed by atoms with Gasteiger partial charge in [-0.25, -0.2) is 4.79 Å². The van der Waals surface area contributed by atoms with Gasteiger partial charge in [0.1, 0.15) is 5.60 Å². The van der Waals surface area contributed by atoms with Gasteiger partial charge in [0, 0.05) is 38.7 Å². The number of nitrogens with zero attached hydrogens (tertiary/aromatic N) is 2. The minimum absolute atomic E-state index is 0.0402. The highest BCUT2D eigenvalue weighted by Crippen LogP contribution is 2.36. The molecule has 6 heteroatoms. The summed E-state index contributed by atoms with van der Waals surface area (Å²) in [6.07, 6.45) is 3.35. The molecule has 30 heavy (non-hydrogen) atoms. The smallest absolute Gasteiger partial charge is 0.410 e. The standard InChI is InChI=1S/C24H32N2O4/c1-6-20(26-14-13-24(4,30-22(26)28)16-23(2,3)29)18-9-7-17(8-10-18)19-11-12-21(27)25(5)15-19/h7-12,15,20,29H,6,13-14,16H2,1-5H3. The summed E-state index contributed by atoms with van der Waals surface area (Å²) in [6, 6.07) is 11.4. The molecule has 1 fully saturated rings. The van der Waals surface area contributed by atoms with Crippen molar-refractivity contribution in [3.63, 3.8) is 0 Å². The fourth-order valence-corrected chi connectivity index (χ4v) is 4.39. The molecule has 1 N–H and O–H groups in total. The largest absolute Gasteiger partial charge is 0.443 e. The molecule has 1 aliphatic heterocycles. The van der Waals surface area contributed by atoms with Gasteiger partial charge in [0.05, 0.1) is 11.6 Å². The fourth-order valence-electron chi connectivity index (χ4n) is 4.39. The lowest BCUT2D eigenvalue weighted by atomic mass is 9.87. The van der Waals surface area contributed by atoms with Crippen LogP contribution in [-0.4, -0.2) is 38.4 Å². The molecule has 2 aromatic rings. The average Bonchev–Trinajstić information content (AvgIpc) is 2.65. The number of ether oxygens (including phenoxy) is 1. The van der Waals surface area contributed by atoms with Gasteiger partial charge in [0.25, 0.3) is 0 Å². The van der Waals surface area contributed by atoms with Crippen LogP contribution < -0.4 is 5.56 Å². The molecule has 162 valence electrons. The third-order valence-corrected chi connectivity index (χ3v) is 5.73. The predicted octanol–water partition coefficient (Wildman–Crippen LogP) is 4.27. The number of cyclic esters (lactones) is 1. The number of pyridine rings is 1. The van der Waals surface area contributed by atoms with E-state index >= 15 is 0 Å². The van der Waals surface area contributed by atoms with Crippen molar-refractivity contribution in [2.24, 2.45) is 7.05 Å². The Bertz CT molecular complexity index is 958. The van der Waals surface area contributed by atoms with Crippen LogP contribution in [0.5, 0.6) is 0 Å². The Morgan fingerprint density at radius 2 is 1.77 bits per heavy atom. The molecule has 6 nitrogen and oxygen atoms in total. The van der Waals surface area contributed by atoms with Crippen LogP contribution in [-0.2, 0) is 11.8 Å². The second-order valence-electron chi connectivity index (χ2n) is 9.16. The minimum Gasteiger partial charge on any atom is -0.443 e. The Kier molecular flexibility index (Phi) is 6.09. The first-order valence-electron chi connectivity index (χ1n) is 10.5. The van der Waals surface area contributed by atoms with Gasteiger partial charge >= 0.3 is 6.09 Å². The second kappa shape index (κ2) is 8.26. The molecular formula is C24H32N2O4. The molecule has 0 radical (unpaired) electrons. The molecular weight excluding hydrogens is 380 g/mol. The van der Waals surface area contributed by atoms with Crippen molar-refractivity contribution in [2.45, 2.75) is 64.2 Å². The molecule has 2 atom stereocenters. The number of hydrogen-bond acceptors (Lipinski definition) is 4. The maximum absolute atomic E-state index is 12.8. The molecule has 1 aromatic heterocycles. The van der Waals surface area contributed by atoms with Gasteiger partial charge < -0.3 is 19.3 Å². The van der Waals surface area contributed by atoms with E-state index in [2.05, 4.69) is 6.92 Å². The van der Waals surface area contributed by atoms with E-state index in [1.54, 1.807) is 36.4 Å². The van der Waals surface area contributed by atoms with E-state index in [1.165, 1.54) is 0 Å². The third kappa shape index (κ3) is 4.93. The first kappa shape index (κ1) is 22.1. The molecule has 0 saturated carbocycles. The van der Waals surface area contributed by atoms with Crippen LogP contribution in [0.3, 0.4) is 0 Å². The van der Waals surface area contributed by atoms with E-state index in [0.717, 1.165) is 23.1 Å². The fraction of sp³-hybridized carbons (Fsp3) is 0.500. The van der Waals surface area contributed by atoms with Gasteiger partial charge in [0.15, 0.2) is 0 Å². The Labute approximate surface area is 178 Å². The highest BCUT2D eigenvalue weighted by atomic mass is 16.6. The Hall–Kier alpha value is -2.60. The average molecular weight is 413 g/mol. The maximum atomic E-state index is 12.8. The van der Waals surface area contributed by atoms with E-state index in [4.69, 9.17) is 4.74 Å².